The Morgan fingerprint density at radius 1 is 1.08 bits per heavy atom. The molecule has 0 aromatic heterocycles. The Bertz CT molecular complexity index is 870. The number of nitrogens with one attached hydrogen (secondary N) is 1. The molecule has 2 aromatic carbocycles. The monoisotopic (exact) mass is 441 g/mol. The van der Waals surface area contributed by atoms with Gasteiger partial charge in [0.2, 0.25) is 0 Å². The van der Waals surface area contributed by atoms with E-state index >= 15 is 0 Å². The number of rotatable bonds is 5. The lowest BCUT2D eigenvalue weighted by Gasteiger charge is -2.15. The fraction of sp³-hybridized carbons (Fsp3) is 0.143. The summed E-state index contributed by atoms with van der Waals surface area (Å²) < 4.78 is 64.0. The molecule has 0 heterocycles. The van der Waals surface area contributed by atoms with Crippen LogP contribution in [-0.4, -0.2) is 22.6 Å². The van der Waals surface area contributed by atoms with Gasteiger partial charge < -0.3 is 9.47 Å². The summed E-state index contributed by atoms with van der Waals surface area (Å²) in [5, 5.41) is 0.120. The second-order valence-corrected chi connectivity index (χ2v) is 7.37. The SMILES string of the molecule is COc1cc(OC)c(NS(=O)(=O)c2c(F)cc(F)cc2Br)cc1Cl. The highest BCUT2D eigenvalue weighted by molar-refractivity contribution is 9.10. The third-order valence-electron chi connectivity index (χ3n) is 2.95. The van der Waals surface area contributed by atoms with Gasteiger partial charge in [-0.2, -0.15) is 0 Å². The predicted molar refractivity (Wildman–Crippen MR) is 89.4 cm³/mol. The summed E-state index contributed by atoms with van der Waals surface area (Å²) in [4.78, 5) is -0.738. The quantitative estimate of drug-likeness (QED) is 0.754. The van der Waals surface area contributed by atoms with Crippen molar-refractivity contribution in [2.45, 2.75) is 4.90 Å². The van der Waals surface area contributed by atoms with Gasteiger partial charge in [0.15, 0.2) is 0 Å². The Labute approximate surface area is 150 Å². The second kappa shape index (κ2) is 7.12. The van der Waals surface area contributed by atoms with Crippen LogP contribution in [-0.2, 0) is 10.0 Å². The summed E-state index contributed by atoms with van der Waals surface area (Å²) in [7, 11) is -1.68. The highest BCUT2D eigenvalue weighted by Crippen LogP contribution is 2.37. The molecule has 0 aliphatic rings. The van der Waals surface area contributed by atoms with Gasteiger partial charge in [-0.05, 0) is 28.1 Å². The molecule has 10 heteroatoms. The van der Waals surface area contributed by atoms with E-state index < -0.39 is 26.6 Å². The number of sulfonamides is 1. The molecule has 0 fully saturated rings. The molecular formula is C14H11BrClF2NO4S. The van der Waals surface area contributed by atoms with Crippen LogP contribution in [0.2, 0.25) is 5.02 Å². The Morgan fingerprint density at radius 2 is 1.71 bits per heavy atom. The number of hydrogen-bond acceptors (Lipinski definition) is 4. The fourth-order valence-electron chi connectivity index (χ4n) is 1.92. The average molecular weight is 443 g/mol. The molecule has 130 valence electrons. The predicted octanol–water partition coefficient (Wildman–Crippen LogP) is 4.20. The molecule has 2 aromatic rings. The van der Waals surface area contributed by atoms with Crippen LogP contribution in [0.1, 0.15) is 0 Å². The van der Waals surface area contributed by atoms with E-state index in [2.05, 4.69) is 20.7 Å². The van der Waals surface area contributed by atoms with E-state index in [0.29, 0.717) is 6.07 Å². The first-order valence-electron chi connectivity index (χ1n) is 6.28. The summed E-state index contributed by atoms with van der Waals surface area (Å²) in [6, 6.07) is 3.94. The zero-order valence-electron chi connectivity index (χ0n) is 12.4. The molecular weight excluding hydrogens is 432 g/mol. The minimum atomic E-state index is -4.38. The van der Waals surface area contributed by atoms with E-state index in [1.165, 1.54) is 26.4 Å². The van der Waals surface area contributed by atoms with Crippen LogP contribution in [0.3, 0.4) is 0 Å². The first-order chi connectivity index (χ1) is 11.2. The first kappa shape index (κ1) is 18.8. The summed E-state index contributed by atoms with van der Waals surface area (Å²) in [5.41, 5.74) is -0.0288. The molecule has 0 radical (unpaired) electrons. The van der Waals surface area contributed by atoms with Crippen LogP contribution in [0.5, 0.6) is 11.5 Å². The van der Waals surface area contributed by atoms with Gasteiger partial charge in [-0.1, -0.05) is 11.6 Å². The largest absolute Gasteiger partial charge is 0.495 e. The van der Waals surface area contributed by atoms with Gasteiger partial charge in [0, 0.05) is 16.6 Å². The lowest BCUT2D eigenvalue weighted by Crippen LogP contribution is -2.16. The van der Waals surface area contributed by atoms with Crippen LogP contribution in [0, 0.1) is 11.6 Å². The first-order valence-corrected chi connectivity index (χ1v) is 8.94. The molecule has 24 heavy (non-hydrogen) atoms. The Hall–Kier alpha value is -1.58. The van der Waals surface area contributed by atoms with Crippen molar-refractivity contribution >= 4 is 43.2 Å². The summed E-state index contributed by atoms with van der Waals surface area (Å²) in [6.07, 6.45) is 0. The van der Waals surface area contributed by atoms with Gasteiger partial charge in [-0.15, -0.1) is 0 Å². The van der Waals surface area contributed by atoms with Crippen LogP contribution in [0.15, 0.2) is 33.6 Å². The van der Waals surface area contributed by atoms with E-state index in [9.17, 15) is 17.2 Å². The smallest absolute Gasteiger partial charge is 0.266 e. The standard InChI is InChI=1S/C14H11BrClF2NO4S/c1-22-12-6-13(23-2)11(5-9(12)16)19-24(20,21)14-8(15)3-7(17)4-10(14)18/h3-6,19H,1-2H3. The zero-order valence-corrected chi connectivity index (χ0v) is 15.5. The topological polar surface area (TPSA) is 64.6 Å². The number of anilines is 1. The molecule has 5 nitrogen and oxygen atoms in total. The van der Waals surface area contributed by atoms with Crippen LogP contribution < -0.4 is 14.2 Å². The normalized spacial score (nSPS) is 11.2. The van der Waals surface area contributed by atoms with Crippen molar-refractivity contribution < 1.29 is 26.7 Å². The van der Waals surface area contributed by atoms with E-state index in [1.54, 1.807) is 0 Å². The molecule has 0 atom stereocenters. The molecule has 0 unspecified atom stereocenters. The third-order valence-corrected chi connectivity index (χ3v) is 5.57. The van der Waals surface area contributed by atoms with Gasteiger partial charge in [0.25, 0.3) is 10.0 Å². The van der Waals surface area contributed by atoms with Crippen molar-refractivity contribution in [1.82, 2.24) is 0 Å². The molecule has 0 amide bonds. The number of benzene rings is 2. The number of methoxy groups -OCH3 is 2. The maximum absolute atomic E-state index is 13.9. The number of ether oxygens (including phenoxy) is 2. The molecule has 2 rings (SSSR count). The summed E-state index contributed by atoms with van der Waals surface area (Å²) >= 11 is 8.81. The highest BCUT2D eigenvalue weighted by Gasteiger charge is 2.25. The molecule has 0 bridgehead atoms. The minimum absolute atomic E-state index is 0.0288. The van der Waals surface area contributed by atoms with Crippen molar-refractivity contribution in [2.24, 2.45) is 0 Å². The summed E-state index contributed by atoms with van der Waals surface area (Å²) in [6.45, 7) is 0. The van der Waals surface area contributed by atoms with Gasteiger partial charge in [0.1, 0.15) is 28.0 Å². The maximum Gasteiger partial charge on any atom is 0.266 e. The van der Waals surface area contributed by atoms with E-state index in [4.69, 9.17) is 21.1 Å². The zero-order chi connectivity index (χ0) is 18.1. The average Bonchev–Trinajstić information content (AvgIpc) is 2.45. The Morgan fingerprint density at radius 3 is 2.25 bits per heavy atom. The molecule has 0 saturated heterocycles. The fourth-order valence-corrected chi connectivity index (χ4v) is 4.39. The van der Waals surface area contributed by atoms with E-state index in [1.807, 2.05) is 0 Å². The van der Waals surface area contributed by atoms with Crippen LogP contribution >= 0.6 is 27.5 Å². The van der Waals surface area contributed by atoms with Crippen molar-refractivity contribution in [3.63, 3.8) is 0 Å². The molecule has 0 spiro atoms. The lowest BCUT2D eigenvalue weighted by molar-refractivity contribution is 0.396. The molecule has 0 aliphatic heterocycles. The van der Waals surface area contributed by atoms with Gasteiger partial charge >= 0.3 is 0 Å². The van der Waals surface area contributed by atoms with Gasteiger partial charge in [-0.3, -0.25) is 4.72 Å². The van der Waals surface area contributed by atoms with Crippen LogP contribution in [0.25, 0.3) is 0 Å². The van der Waals surface area contributed by atoms with Crippen molar-refractivity contribution in [1.29, 1.82) is 0 Å². The number of hydrogen-bond donors (Lipinski definition) is 1. The third kappa shape index (κ3) is 3.73. The van der Waals surface area contributed by atoms with Crippen LogP contribution in [0.4, 0.5) is 14.5 Å². The van der Waals surface area contributed by atoms with Crippen molar-refractivity contribution in [2.75, 3.05) is 18.9 Å². The minimum Gasteiger partial charge on any atom is -0.495 e. The van der Waals surface area contributed by atoms with E-state index in [-0.39, 0.29) is 26.7 Å². The summed E-state index contributed by atoms with van der Waals surface area (Å²) in [5.74, 6) is -1.78. The molecule has 0 aliphatic carbocycles. The molecule has 0 saturated carbocycles. The highest BCUT2D eigenvalue weighted by atomic mass is 79.9. The number of halogens is 4. The maximum atomic E-state index is 13.9. The second-order valence-electron chi connectivity index (χ2n) is 4.49. The van der Waals surface area contributed by atoms with Crippen molar-refractivity contribution in [3.05, 3.63) is 45.4 Å². The lowest BCUT2D eigenvalue weighted by atomic mass is 10.3. The van der Waals surface area contributed by atoms with E-state index in [0.717, 1.165) is 6.07 Å². The Kier molecular flexibility index (Phi) is 5.56. The van der Waals surface area contributed by atoms with Gasteiger partial charge in [0.05, 0.1) is 24.9 Å². The van der Waals surface area contributed by atoms with Gasteiger partial charge in [-0.25, -0.2) is 17.2 Å². The Balaban J connectivity index is 2.53. The molecule has 1 N–H and O–H groups in total. The van der Waals surface area contributed by atoms with Crippen molar-refractivity contribution in [3.8, 4) is 11.5 Å².